The lowest BCUT2D eigenvalue weighted by Gasteiger charge is -2.29. The van der Waals surface area contributed by atoms with Crippen molar-refractivity contribution in [3.05, 3.63) is 41.5 Å². The summed E-state index contributed by atoms with van der Waals surface area (Å²) < 4.78 is 30.6. The van der Waals surface area contributed by atoms with Gasteiger partial charge in [0.1, 0.15) is 0 Å². The number of hydrogen-bond acceptors (Lipinski definition) is 1. The van der Waals surface area contributed by atoms with E-state index in [1.807, 2.05) is 12.1 Å². The number of rotatable bonds is 10. The first-order valence-corrected chi connectivity index (χ1v) is 9.93. The quantitative estimate of drug-likeness (QED) is 0.401. The first kappa shape index (κ1) is 20.1. The largest absolute Gasteiger partial charge is 0.378 e. The van der Waals surface area contributed by atoms with Crippen molar-refractivity contribution in [1.29, 1.82) is 0 Å². The zero-order chi connectivity index (χ0) is 17.9. The Morgan fingerprint density at radius 1 is 0.960 bits per heavy atom. The summed E-state index contributed by atoms with van der Waals surface area (Å²) >= 11 is 0. The molecule has 1 aromatic carbocycles. The van der Waals surface area contributed by atoms with Gasteiger partial charge in [-0.3, -0.25) is 0 Å². The Morgan fingerprint density at radius 3 is 2.24 bits per heavy atom. The molecule has 0 amide bonds. The molecule has 0 aliphatic heterocycles. The number of ether oxygens (including phenoxy) is 1. The molecule has 0 radical (unpaired) electrons. The molecule has 0 aromatic heterocycles. The summed E-state index contributed by atoms with van der Waals surface area (Å²) in [4.78, 5) is 0. The number of benzene rings is 1. The molecule has 0 N–H and O–H groups in total. The second-order valence-electron chi connectivity index (χ2n) is 7.21. The number of hydrogen-bond donors (Lipinski definition) is 0. The van der Waals surface area contributed by atoms with Crippen LogP contribution in [0.2, 0.25) is 0 Å². The SMILES string of the molecule is CCCCCCCCOC1CCC(c2ccc(C=C(F)F)cc2)CC1. The molecule has 0 saturated heterocycles. The van der Waals surface area contributed by atoms with Crippen LogP contribution in [-0.4, -0.2) is 12.7 Å². The van der Waals surface area contributed by atoms with E-state index in [0.29, 0.717) is 17.6 Å². The minimum Gasteiger partial charge on any atom is -0.378 e. The second-order valence-corrected chi connectivity index (χ2v) is 7.21. The van der Waals surface area contributed by atoms with Gasteiger partial charge >= 0.3 is 0 Å². The Balaban J connectivity index is 1.63. The van der Waals surface area contributed by atoms with Crippen LogP contribution in [0.3, 0.4) is 0 Å². The molecule has 0 atom stereocenters. The van der Waals surface area contributed by atoms with Crippen molar-refractivity contribution in [2.24, 2.45) is 0 Å². The van der Waals surface area contributed by atoms with Gasteiger partial charge in [-0.15, -0.1) is 0 Å². The predicted molar refractivity (Wildman–Crippen MR) is 101 cm³/mol. The van der Waals surface area contributed by atoms with Gasteiger partial charge in [-0.05, 0) is 49.1 Å². The third-order valence-electron chi connectivity index (χ3n) is 5.21. The summed E-state index contributed by atoms with van der Waals surface area (Å²) in [7, 11) is 0. The third-order valence-corrected chi connectivity index (χ3v) is 5.21. The fourth-order valence-electron chi connectivity index (χ4n) is 3.69. The monoisotopic (exact) mass is 350 g/mol. The molecule has 1 fully saturated rings. The minimum atomic E-state index is -1.64. The van der Waals surface area contributed by atoms with Crippen molar-refractivity contribution in [2.45, 2.75) is 83.2 Å². The summed E-state index contributed by atoms with van der Waals surface area (Å²) in [5, 5.41) is 0. The van der Waals surface area contributed by atoms with Gasteiger partial charge < -0.3 is 4.74 Å². The van der Waals surface area contributed by atoms with Crippen LogP contribution in [0, 0.1) is 0 Å². The van der Waals surface area contributed by atoms with Crippen LogP contribution < -0.4 is 0 Å². The van der Waals surface area contributed by atoms with E-state index in [0.717, 1.165) is 38.4 Å². The summed E-state index contributed by atoms with van der Waals surface area (Å²) in [6.07, 6.45) is 12.0. The molecular formula is C22H32F2O. The van der Waals surface area contributed by atoms with Gasteiger partial charge in [0.05, 0.1) is 6.10 Å². The lowest BCUT2D eigenvalue weighted by molar-refractivity contribution is 0.0226. The smallest absolute Gasteiger partial charge is 0.270 e. The molecule has 1 saturated carbocycles. The minimum absolute atomic E-state index is 0.412. The van der Waals surface area contributed by atoms with Crippen molar-refractivity contribution in [3.8, 4) is 0 Å². The molecule has 0 heterocycles. The van der Waals surface area contributed by atoms with E-state index < -0.39 is 6.08 Å². The van der Waals surface area contributed by atoms with Gasteiger partial charge in [-0.2, -0.15) is 8.78 Å². The van der Waals surface area contributed by atoms with Gasteiger partial charge in [0, 0.05) is 12.7 Å². The highest BCUT2D eigenvalue weighted by molar-refractivity contribution is 5.50. The maximum atomic E-state index is 12.3. The van der Waals surface area contributed by atoms with E-state index in [2.05, 4.69) is 6.92 Å². The van der Waals surface area contributed by atoms with E-state index in [1.165, 1.54) is 44.1 Å². The molecule has 0 unspecified atom stereocenters. The normalized spacial score (nSPS) is 20.4. The van der Waals surface area contributed by atoms with E-state index in [4.69, 9.17) is 4.74 Å². The van der Waals surface area contributed by atoms with E-state index in [1.54, 1.807) is 12.1 Å². The van der Waals surface area contributed by atoms with Crippen molar-refractivity contribution in [3.63, 3.8) is 0 Å². The summed E-state index contributed by atoms with van der Waals surface area (Å²) in [6.45, 7) is 3.14. The molecule has 2 rings (SSSR count). The van der Waals surface area contributed by atoms with Crippen LogP contribution in [-0.2, 0) is 4.74 Å². The van der Waals surface area contributed by atoms with Crippen LogP contribution in [0.25, 0.3) is 6.08 Å². The highest BCUT2D eigenvalue weighted by Crippen LogP contribution is 2.34. The average Bonchev–Trinajstić information content (AvgIpc) is 2.62. The van der Waals surface area contributed by atoms with Gasteiger partial charge in [-0.25, -0.2) is 0 Å². The average molecular weight is 350 g/mol. The number of halogens is 2. The van der Waals surface area contributed by atoms with Crippen LogP contribution in [0.1, 0.15) is 88.2 Å². The Morgan fingerprint density at radius 2 is 1.60 bits per heavy atom. The number of unbranched alkanes of at least 4 members (excludes halogenated alkanes) is 5. The fraction of sp³-hybridized carbons (Fsp3) is 0.636. The Labute approximate surface area is 151 Å². The van der Waals surface area contributed by atoms with Crippen LogP contribution in [0.15, 0.2) is 30.3 Å². The maximum absolute atomic E-state index is 12.3. The second kappa shape index (κ2) is 11.4. The topological polar surface area (TPSA) is 9.23 Å². The summed E-state index contributed by atoms with van der Waals surface area (Å²) in [6, 6.07) is 7.57. The van der Waals surface area contributed by atoms with Crippen molar-refractivity contribution in [2.75, 3.05) is 6.61 Å². The maximum Gasteiger partial charge on any atom is 0.270 e. The molecule has 1 aliphatic rings. The first-order valence-electron chi connectivity index (χ1n) is 9.93. The summed E-state index contributed by atoms with van der Waals surface area (Å²) in [5.41, 5.74) is 1.84. The fourth-order valence-corrected chi connectivity index (χ4v) is 3.69. The highest BCUT2D eigenvalue weighted by atomic mass is 19.3. The van der Waals surface area contributed by atoms with Crippen molar-refractivity contribution in [1.82, 2.24) is 0 Å². The molecule has 1 aliphatic carbocycles. The molecule has 1 aromatic rings. The standard InChI is InChI=1S/C22H32F2O/c1-2-3-4-5-6-7-16-25-21-14-12-20(13-15-21)19-10-8-18(9-11-19)17-22(23)24/h8-11,17,20-21H,2-7,12-16H2,1H3. The predicted octanol–water partition coefficient (Wildman–Crippen LogP) is 7.33. The molecular weight excluding hydrogens is 318 g/mol. The molecule has 3 heteroatoms. The zero-order valence-electron chi connectivity index (χ0n) is 15.5. The summed E-state index contributed by atoms with van der Waals surface area (Å²) in [5.74, 6) is 0.544. The van der Waals surface area contributed by atoms with Crippen molar-refractivity contribution < 1.29 is 13.5 Å². The molecule has 140 valence electrons. The van der Waals surface area contributed by atoms with Crippen molar-refractivity contribution >= 4 is 6.08 Å². The third kappa shape index (κ3) is 7.68. The van der Waals surface area contributed by atoms with Gasteiger partial charge in [-0.1, -0.05) is 63.3 Å². The Hall–Kier alpha value is -1.22. The van der Waals surface area contributed by atoms with Gasteiger partial charge in [0.2, 0.25) is 0 Å². The first-order chi connectivity index (χ1) is 12.2. The van der Waals surface area contributed by atoms with Crippen LogP contribution in [0.4, 0.5) is 8.78 Å². The lowest BCUT2D eigenvalue weighted by Crippen LogP contribution is -2.21. The molecule has 25 heavy (non-hydrogen) atoms. The zero-order valence-corrected chi connectivity index (χ0v) is 15.5. The lowest BCUT2D eigenvalue weighted by atomic mass is 9.82. The van der Waals surface area contributed by atoms with E-state index in [-0.39, 0.29) is 0 Å². The van der Waals surface area contributed by atoms with E-state index in [9.17, 15) is 8.78 Å². The Bertz CT molecular complexity index is 497. The van der Waals surface area contributed by atoms with Gasteiger partial charge in [0.25, 0.3) is 6.08 Å². The highest BCUT2D eigenvalue weighted by Gasteiger charge is 2.22. The molecule has 1 nitrogen and oxygen atoms in total. The molecule has 0 spiro atoms. The van der Waals surface area contributed by atoms with E-state index >= 15 is 0 Å². The Kier molecular flexibility index (Phi) is 9.17. The van der Waals surface area contributed by atoms with Crippen LogP contribution in [0.5, 0.6) is 0 Å². The van der Waals surface area contributed by atoms with Gasteiger partial charge in [0.15, 0.2) is 0 Å². The van der Waals surface area contributed by atoms with Crippen LogP contribution >= 0.6 is 0 Å². The molecule has 0 bridgehead atoms.